The molecule has 11 heteroatoms. The molecule has 1 amide bonds. The van der Waals surface area contributed by atoms with Gasteiger partial charge in [-0.1, -0.05) is 30.0 Å². The highest BCUT2D eigenvalue weighted by Gasteiger charge is 2.27. The number of nitrogens with zero attached hydrogens (tertiary/aromatic N) is 2. The number of methoxy groups -OCH3 is 1. The summed E-state index contributed by atoms with van der Waals surface area (Å²) >= 11 is 2.61. The molecular weight excluding hydrogens is 560 g/mol. The van der Waals surface area contributed by atoms with Crippen LogP contribution >= 0.6 is 23.1 Å². The Hall–Kier alpha value is -4.09. The lowest BCUT2D eigenvalue weighted by Crippen LogP contribution is -2.23. The zero-order chi connectivity index (χ0) is 28.5. The first-order chi connectivity index (χ1) is 20.0. The van der Waals surface area contributed by atoms with Crippen molar-refractivity contribution in [3.8, 4) is 11.4 Å². The summed E-state index contributed by atoms with van der Waals surface area (Å²) in [5, 5.41) is 4.68. The average Bonchev–Trinajstić information content (AvgIpc) is 3.54. The van der Waals surface area contributed by atoms with Gasteiger partial charge in [0.05, 0.1) is 30.7 Å². The number of thiophene rings is 1. The Kier molecular flexibility index (Phi) is 7.55. The van der Waals surface area contributed by atoms with Crippen LogP contribution in [0.25, 0.3) is 27.6 Å². The fourth-order valence-corrected chi connectivity index (χ4v) is 7.26. The van der Waals surface area contributed by atoms with E-state index in [1.165, 1.54) is 15.9 Å². The van der Waals surface area contributed by atoms with Gasteiger partial charge in [0.1, 0.15) is 21.8 Å². The van der Waals surface area contributed by atoms with Crippen LogP contribution in [0, 0.1) is 0 Å². The summed E-state index contributed by atoms with van der Waals surface area (Å²) in [6.45, 7) is 2.03. The standard InChI is InChI=1S/C30H28N4O5S2/c1-3-39-29(37)24-20-9-5-7-11-22(20)41-27(24)32-23(35)16-40-30-33-25-19-8-4-6-10-21(19)31-26(25)28(36)34(30)17-12-14-18(38-2)15-13-17/h4,6,8,10,12-15,31H,3,5,7,9,11,16H2,1-2H3,(H,32,35). The SMILES string of the molecule is CCOC(=O)c1c(NC(=O)CSc2nc3c([nH]c4ccccc43)c(=O)n2-c2ccc(OC)cc2)sc2c1CCCC2. The first-order valence-electron chi connectivity index (χ1n) is 13.4. The molecule has 0 saturated heterocycles. The molecule has 5 aromatic rings. The number of H-pyrrole nitrogens is 1. The van der Waals surface area contributed by atoms with E-state index < -0.39 is 5.97 Å². The second-order valence-corrected chi connectivity index (χ2v) is 11.6. The highest BCUT2D eigenvalue weighted by atomic mass is 32.2. The topological polar surface area (TPSA) is 115 Å². The number of aromatic nitrogens is 3. The number of amides is 1. The number of carbonyl (C=O) groups is 2. The second-order valence-electron chi connectivity index (χ2n) is 9.60. The third-order valence-corrected chi connectivity index (χ3v) is 9.21. The smallest absolute Gasteiger partial charge is 0.341 e. The summed E-state index contributed by atoms with van der Waals surface area (Å²) in [6, 6.07) is 14.7. The molecule has 3 heterocycles. The van der Waals surface area contributed by atoms with Crippen LogP contribution in [0.3, 0.4) is 0 Å². The van der Waals surface area contributed by atoms with Crippen molar-refractivity contribution >= 4 is 61.9 Å². The average molecular weight is 589 g/mol. The molecule has 3 aromatic heterocycles. The first kappa shape index (κ1) is 27.1. The van der Waals surface area contributed by atoms with Crippen molar-refractivity contribution in [2.75, 3.05) is 24.8 Å². The number of anilines is 1. The van der Waals surface area contributed by atoms with Gasteiger partial charge in [0, 0.05) is 15.8 Å². The Morgan fingerprint density at radius 2 is 1.90 bits per heavy atom. The van der Waals surface area contributed by atoms with Crippen molar-refractivity contribution in [2.45, 2.75) is 37.8 Å². The Bertz CT molecular complexity index is 1840. The molecule has 0 radical (unpaired) electrons. The summed E-state index contributed by atoms with van der Waals surface area (Å²) in [4.78, 5) is 49.1. The Morgan fingerprint density at radius 3 is 2.68 bits per heavy atom. The number of rotatable bonds is 8. The maximum Gasteiger partial charge on any atom is 0.341 e. The van der Waals surface area contributed by atoms with Crippen molar-refractivity contribution in [1.82, 2.24) is 14.5 Å². The van der Waals surface area contributed by atoms with Crippen molar-refractivity contribution in [3.63, 3.8) is 0 Å². The van der Waals surface area contributed by atoms with Gasteiger partial charge in [-0.05, 0) is 68.5 Å². The Labute approximate surface area is 243 Å². The summed E-state index contributed by atoms with van der Waals surface area (Å²) in [6.07, 6.45) is 3.75. The van der Waals surface area contributed by atoms with E-state index in [9.17, 15) is 14.4 Å². The second kappa shape index (κ2) is 11.4. The molecule has 210 valence electrons. The number of aromatic amines is 1. The molecule has 9 nitrogen and oxygen atoms in total. The highest BCUT2D eigenvalue weighted by Crippen LogP contribution is 2.39. The number of carbonyl (C=O) groups excluding carboxylic acids is 2. The number of hydrogen-bond acceptors (Lipinski definition) is 8. The largest absolute Gasteiger partial charge is 0.497 e. The maximum absolute atomic E-state index is 13.8. The predicted octanol–water partition coefficient (Wildman–Crippen LogP) is 5.72. The molecule has 0 fully saturated rings. The minimum Gasteiger partial charge on any atom is -0.497 e. The van der Waals surface area contributed by atoms with E-state index in [2.05, 4.69) is 10.3 Å². The van der Waals surface area contributed by atoms with Gasteiger partial charge in [0.25, 0.3) is 5.56 Å². The number of para-hydroxylation sites is 1. The molecule has 2 N–H and O–H groups in total. The van der Waals surface area contributed by atoms with Gasteiger partial charge in [0.15, 0.2) is 5.16 Å². The molecule has 0 atom stereocenters. The zero-order valence-corrected chi connectivity index (χ0v) is 24.2. The van der Waals surface area contributed by atoms with Crippen LogP contribution in [0.4, 0.5) is 5.00 Å². The number of ether oxygens (including phenoxy) is 2. The molecule has 41 heavy (non-hydrogen) atoms. The first-order valence-corrected chi connectivity index (χ1v) is 15.2. The van der Waals surface area contributed by atoms with Crippen molar-refractivity contribution in [3.05, 3.63) is 74.9 Å². The fraction of sp³-hybridized carbons (Fsp3) is 0.267. The lowest BCUT2D eigenvalue weighted by Gasteiger charge is -2.13. The van der Waals surface area contributed by atoms with Crippen LogP contribution in [0.15, 0.2) is 58.5 Å². The van der Waals surface area contributed by atoms with Crippen LogP contribution in [0.1, 0.15) is 40.6 Å². The fourth-order valence-electron chi connectivity index (χ4n) is 5.16. The van der Waals surface area contributed by atoms with E-state index in [1.54, 1.807) is 38.3 Å². The summed E-state index contributed by atoms with van der Waals surface area (Å²) in [5.74, 6) is -0.0594. The van der Waals surface area contributed by atoms with Gasteiger partial charge >= 0.3 is 5.97 Å². The quantitative estimate of drug-likeness (QED) is 0.135. The monoisotopic (exact) mass is 588 g/mol. The van der Waals surface area contributed by atoms with Crippen LogP contribution in [-0.2, 0) is 22.4 Å². The molecule has 0 unspecified atom stereocenters. The van der Waals surface area contributed by atoms with Gasteiger partial charge in [-0.15, -0.1) is 11.3 Å². The van der Waals surface area contributed by atoms with E-state index >= 15 is 0 Å². The summed E-state index contributed by atoms with van der Waals surface area (Å²) in [7, 11) is 1.58. The minimum absolute atomic E-state index is 0.0126. The molecule has 1 aliphatic carbocycles. The molecule has 0 saturated carbocycles. The summed E-state index contributed by atoms with van der Waals surface area (Å²) < 4.78 is 12.1. The Morgan fingerprint density at radius 1 is 1.12 bits per heavy atom. The Balaban J connectivity index is 1.34. The normalized spacial score (nSPS) is 12.8. The van der Waals surface area contributed by atoms with Gasteiger partial charge < -0.3 is 19.8 Å². The lowest BCUT2D eigenvalue weighted by atomic mass is 9.95. The number of benzene rings is 2. The number of esters is 1. The molecule has 0 spiro atoms. The third kappa shape index (κ3) is 5.11. The molecule has 0 bridgehead atoms. The number of thioether (sulfide) groups is 1. The van der Waals surface area contributed by atoms with E-state index in [0.29, 0.717) is 38.2 Å². The zero-order valence-electron chi connectivity index (χ0n) is 22.6. The number of fused-ring (bicyclic) bond motifs is 4. The predicted molar refractivity (Wildman–Crippen MR) is 162 cm³/mol. The van der Waals surface area contributed by atoms with Gasteiger partial charge in [-0.3, -0.25) is 14.2 Å². The van der Waals surface area contributed by atoms with E-state index in [1.807, 2.05) is 24.3 Å². The van der Waals surface area contributed by atoms with Crippen molar-refractivity contribution < 1.29 is 19.1 Å². The number of aryl methyl sites for hydroxylation is 1. The van der Waals surface area contributed by atoms with Crippen LogP contribution in [0.5, 0.6) is 5.75 Å². The summed E-state index contributed by atoms with van der Waals surface area (Å²) in [5.41, 5.74) is 3.53. The highest BCUT2D eigenvalue weighted by molar-refractivity contribution is 7.99. The van der Waals surface area contributed by atoms with E-state index in [4.69, 9.17) is 14.5 Å². The lowest BCUT2D eigenvalue weighted by molar-refractivity contribution is -0.113. The number of hydrogen-bond donors (Lipinski definition) is 2. The van der Waals surface area contributed by atoms with Crippen LogP contribution in [0.2, 0.25) is 0 Å². The van der Waals surface area contributed by atoms with Crippen LogP contribution in [-0.4, -0.2) is 45.9 Å². The van der Waals surface area contributed by atoms with Gasteiger partial charge in [-0.25, -0.2) is 9.78 Å². The van der Waals surface area contributed by atoms with Crippen LogP contribution < -0.4 is 15.6 Å². The van der Waals surface area contributed by atoms with Gasteiger partial charge in [0.2, 0.25) is 5.91 Å². The third-order valence-electron chi connectivity index (χ3n) is 7.06. The number of nitrogens with one attached hydrogen (secondary N) is 2. The van der Waals surface area contributed by atoms with Gasteiger partial charge in [-0.2, -0.15) is 0 Å². The van der Waals surface area contributed by atoms with Crippen molar-refractivity contribution in [1.29, 1.82) is 0 Å². The maximum atomic E-state index is 13.8. The molecule has 2 aromatic carbocycles. The molecule has 1 aliphatic rings. The van der Waals surface area contributed by atoms with E-state index in [-0.39, 0.29) is 23.8 Å². The minimum atomic E-state index is -0.408. The van der Waals surface area contributed by atoms with Crippen molar-refractivity contribution in [2.24, 2.45) is 0 Å². The molecular formula is C30H28N4O5S2. The molecule has 0 aliphatic heterocycles. The molecule has 6 rings (SSSR count). The van der Waals surface area contributed by atoms with E-state index in [0.717, 1.165) is 58.8 Å².